The van der Waals surface area contributed by atoms with Crippen LogP contribution in [0.4, 0.5) is 5.69 Å². The third-order valence-corrected chi connectivity index (χ3v) is 5.19. The van der Waals surface area contributed by atoms with Gasteiger partial charge in [0.15, 0.2) is 12.2 Å². The van der Waals surface area contributed by atoms with Crippen molar-refractivity contribution in [2.24, 2.45) is 0 Å². The number of amides is 1. The number of carbonyl (C=O) groups is 1. The Hall–Kier alpha value is -3.31. The first-order valence-electron chi connectivity index (χ1n) is 9.56. The number of carbonyl (C=O) groups excluding carboxylic acids is 1. The summed E-state index contributed by atoms with van der Waals surface area (Å²) in [5.41, 5.74) is 5.84. The molecule has 3 aromatic carbocycles. The van der Waals surface area contributed by atoms with E-state index in [0.29, 0.717) is 33.4 Å². The van der Waals surface area contributed by atoms with E-state index in [1.807, 2.05) is 57.2 Å². The van der Waals surface area contributed by atoms with Gasteiger partial charge in [0.25, 0.3) is 5.91 Å². The first-order chi connectivity index (χ1) is 14.4. The maximum Gasteiger partial charge on any atom is 0.262 e. The molecular weight excluding hydrogens is 400 g/mol. The Balaban J connectivity index is 1.46. The summed E-state index contributed by atoms with van der Waals surface area (Å²) in [5, 5.41) is 3.49. The zero-order valence-corrected chi connectivity index (χ0v) is 17.7. The lowest BCUT2D eigenvalue weighted by atomic mass is 10.1. The molecule has 30 heavy (non-hydrogen) atoms. The van der Waals surface area contributed by atoms with Crippen molar-refractivity contribution in [1.29, 1.82) is 0 Å². The Morgan fingerprint density at radius 3 is 2.63 bits per heavy atom. The van der Waals surface area contributed by atoms with Crippen LogP contribution in [0.5, 0.6) is 5.75 Å². The molecule has 0 aliphatic heterocycles. The van der Waals surface area contributed by atoms with Gasteiger partial charge in [-0.15, -0.1) is 0 Å². The van der Waals surface area contributed by atoms with Gasteiger partial charge < -0.3 is 14.5 Å². The average Bonchev–Trinajstić information content (AvgIpc) is 3.13. The normalized spacial score (nSPS) is 10.9. The first-order valence-corrected chi connectivity index (χ1v) is 9.94. The third-order valence-electron chi connectivity index (χ3n) is 4.78. The molecule has 4 aromatic rings. The molecule has 0 spiro atoms. The highest BCUT2D eigenvalue weighted by atomic mass is 35.5. The Kier molecular flexibility index (Phi) is 5.46. The van der Waals surface area contributed by atoms with Crippen LogP contribution < -0.4 is 10.1 Å². The molecule has 152 valence electrons. The van der Waals surface area contributed by atoms with E-state index in [9.17, 15) is 4.79 Å². The number of ether oxygens (including phenoxy) is 1. The van der Waals surface area contributed by atoms with E-state index in [1.165, 1.54) is 0 Å². The summed E-state index contributed by atoms with van der Waals surface area (Å²) in [6.45, 7) is 5.84. The number of anilines is 1. The van der Waals surface area contributed by atoms with Crippen molar-refractivity contribution < 1.29 is 13.9 Å². The van der Waals surface area contributed by atoms with Crippen LogP contribution in [0.3, 0.4) is 0 Å². The molecule has 0 radical (unpaired) electrons. The monoisotopic (exact) mass is 420 g/mol. The van der Waals surface area contributed by atoms with Crippen LogP contribution in [0, 0.1) is 20.8 Å². The minimum absolute atomic E-state index is 0.0755. The molecular formula is C24H21ClN2O3. The van der Waals surface area contributed by atoms with Crippen molar-refractivity contribution in [3.8, 4) is 17.2 Å². The highest BCUT2D eigenvalue weighted by Gasteiger charge is 2.12. The van der Waals surface area contributed by atoms with Gasteiger partial charge in [0.2, 0.25) is 5.89 Å². The van der Waals surface area contributed by atoms with E-state index >= 15 is 0 Å². The maximum absolute atomic E-state index is 12.3. The van der Waals surface area contributed by atoms with Gasteiger partial charge in [0.05, 0.1) is 0 Å². The molecule has 0 aliphatic rings. The van der Waals surface area contributed by atoms with Crippen molar-refractivity contribution in [3.63, 3.8) is 0 Å². The highest BCUT2D eigenvalue weighted by molar-refractivity contribution is 6.31. The largest absolute Gasteiger partial charge is 0.483 e. The van der Waals surface area contributed by atoms with Gasteiger partial charge in [0.1, 0.15) is 11.3 Å². The first kappa shape index (κ1) is 20.0. The molecule has 1 aromatic heterocycles. The second kappa shape index (κ2) is 8.20. The number of oxazole rings is 1. The van der Waals surface area contributed by atoms with E-state index in [-0.39, 0.29) is 12.5 Å². The molecule has 4 rings (SSSR count). The molecule has 1 heterocycles. The fourth-order valence-corrected chi connectivity index (χ4v) is 3.34. The van der Waals surface area contributed by atoms with Crippen molar-refractivity contribution in [2.75, 3.05) is 11.9 Å². The Bertz CT molecular complexity index is 1250. The molecule has 0 saturated carbocycles. The van der Waals surface area contributed by atoms with Gasteiger partial charge in [-0.2, -0.15) is 0 Å². The summed E-state index contributed by atoms with van der Waals surface area (Å²) in [5.74, 6) is 0.931. The molecule has 1 amide bonds. The predicted octanol–water partition coefficient (Wildman–Crippen LogP) is 6.09. The van der Waals surface area contributed by atoms with Crippen LogP contribution in [0.1, 0.15) is 16.7 Å². The number of aromatic nitrogens is 1. The van der Waals surface area contributed by atoms with Crippen molar-refractivity contribution in [2.45, 2.75) is 20.8 Å². The summed E-state index contributed by atoms with van der Waals surface area (Å²) in [6, 6.07) is 16.8. The highest BCUT2D eigenvalue weighted by Crippen LogP contribution is 2.29. The molecule has 0 bridgehead atoms. The van der Waals surface area contributed by atoms with Crippen LogP contribution in [0.25, 0.3) is 22.6 Å². The fraction of sp³-hybridized carbons (Fsp3) is 0.167. The summed E-state index contributed by atoms with van der Waals surface area (Å²) in [6.07, 6.45) is 0. The van der Waals surface area contributed by atoms with Crippen molar-refractivity contribution >= 4 is 34.3 Å². The number of aryl methyl sites for hydroxylation is 3. The van der Waals surface area contributed by atoms with Crippen LogP contribution in [0.15, 0.2) is 59.0 Å². The molecule has 1 N–H and O–H groups in total. The van der Waals surface area contributed by atoms with Gasteiger partial charge in [0, 0.05) is 16.3 Å². The second-order valence-electron chi connectivity index (χ2n) is 7.27. The van der Waals surface area contributed by atoms with Crippen LogP contribution in [0.2, 0.25) is 5.02 Å². The Labute approximate surface area is 179 Å². The smallest absolute Gasteiger partial charge is 0.262 e. The van der Waals surface area contributed by atoms with Crippen molar-refractivity contribution in [3.05, 3.63) is 76.3 Å². The molecule has 6 heteroatoms. The second-order valence-corrected chi connectivity index (χ2v) is 7.68. The lowest BCUT2D eigenvalue weighted by molar-refractivity contribution is -0.118. The molecule has 0 fully saturated rings. The van der Waals surface area contributed by atoms with E-state index < -0.39 is 0 Å². The molecule has 0 aliphatic carbocycles. The fourth-order valence-electron chi connectivity index (χ4n) is 3.16. The van der Waals surface area contributed by atoms with E-state index in [1.54, 1.807) is 18.2 Å². The summed E-state index contributed by atoms with van der Waals surface area (Å²) >= 11 is 6.21. The van der Waals surface area contributed by atoms with Gasteiger partial charge in [-0.1, -0.05) is 35.4 Å². The number of hydrogen-bond donors (Lipinski definition) is 1. The number of nitrogens with zero attached hydrogens (tertiary/aromatic N) is 1. The molecule has 0 atom stereocenters. The maximum atomic E-state index is 12.3. The Morgan fingerprint density at radius 2 is 1.87 bits per heavy atom. The van der Waals surface area contributed by atoms with Gasteiger partial charge in [-0.05, 0) is 68.3 Å². The topological polar surface area (TPSA) is 64.4 Å². The summed E-state index contributed by atoms with van der Waals surface area (Å²) < 4.78 is 11.5. The molecule has 5 nitrogen and oxygen atoms in total. The SMILES string of the molecule is Cc1ccc(OCC(=O)Nc2ccc3oc(-c4ccc(C)c(Cl)c4)nc3c2)c(C)c1. The van der Waals surface area contributed by atoms with E-state index in [4.69, 9.17) is 20.8 Å². The lowest BCUT2D eigenvalue weighted by Gasteiger charge is -2.10. The number of halogens is 1. The number of rotatable bonds is 5. The Morgan fingerprint density at radius 1 is 1.03 bits per heavy atom. The van der Waals surface area contributed by atoms with Gasteiger partial charge in [-0.25, -0.2) is 4.98 Å². The lowest BCUT2D eigenvalue weighted by Crippen LogP contribution is -2.20. The van der Waals surface area contributed by atoms with Gasteiger partial charge in [-0.3, -0.25) is 4.79 Å². The minimum Gasteiger partial charge on any atom is -0.483 e. The predicted molar refractivity (Wildman–Crippen MR) is 119 cm³/mol. The summed E-state index contributed by atoms with van der Waals surface area (Å²) in [7, 11) is 0. The van der Waals surface area contributed by atoms with E-state index in [2.05, 4.69) is 10.3 Å². The average molecular weight is 421 g/mol. The molecule has 0 saturated heterocycles. The summed E-state index contributed by atoms with van der Waals surface area (Å²) in [4.78, 5) is 16.8. The number of fused-ring (bicyclic) bond motifs is 1. The van der Waals surface area contributed by atoms with Crippen LogP contribution in [-0.2, 0) is 4.79 Å². The zero-order chi connectivity index (χ0) is 21.3. The van der Waals surface area contributed by atoms with Crippen molar-refractivity contribution in [1.82, 2.24) is 4.98 Å². The van der Waals surface area contributed by atoms with Gasteiger partial charge >= 0.3 is 0 Å². The minimum atomic E-state index is -0.247. The van der Waals surface area contributed by atoms with E-state index in [0.717, 1.165) is 22.3 Å². The molecule has 0 unspecified atom stereocenters. The third kappa shape index (κ3) is 4.31. The van der Waals surface area contributed by atoms with Crippen LogP contribution >= 0.6 is 11.6 Å². The quantitative estimate of drug-likeness (QED) is 0.424. The van der Waals surface area contributed by atoms with Crippen LogP contribution in [-0.4, -0.2) is 17.5 Å². The number of hydrogen-bond acceptors (Lipinski definition) is 4. The zero-order valence-electron chi connectivity index (χ0n) is 17.0. The number of benzene rings is 3. The standard InChI is InChI=1S/C24H21ClN2O3/c1-14-4-8-21(16(3)10-14)29-13-23(28)26-18-7-9-22-20(12-18)27-24(30-22)17-6-5-15(2)19(25)11-17/h4-12H,13H2,1-3H3,(H,26,28). The number of nitrogens with one attached hydrogen (secondary N) is 1.